The van der Waals surface area contributed by atoms with Gasteiger partial charge in [-0.25, -0.2) is 0 Å². The second kappa shape index (κ2) is 6.81. The Labute approximate surface area is 182 Å². The monoisotopic (exact) mass is 463 g/mol. The highest BCUT2D eigenvalue weighted by molar-refractivity contribution is 7.13. The van der Waals surface area contributed by atoms with Crippen molar-refractivity contribution in [3.63, 3.8) is 0 Å². The normalized spacial score (nSPS) is 15.9. The molecule has 1 amide bonds. The van der Waals surface area contributed by atoms with Gasteiger partial charge < -0.3 is 4.42 Å². The molecular weight excluding hydrogens is 457 g/mol. The molecule has 0 saturated carbocycles. The van der Waals surface area contributed by atoms with Crippen LogP contribution in [0.15, 0.2) is 51.1 Å². The third-order valence-electron chi connectivity index (χ3n) is 4.65. The van der Waals surface area contributed by atoms with E-state index in [4.69, 9.17) is 39.2 Å². The van der Waals surface area contributed by atoms with Crippen LogP contribution in [0.3, 0.4) is 0 Å². The molecule has 0 radical (unpaired) electrons. The number of nitrogens with zero attached hydrogens (tertiary/aromatic N) is 3. The van der Waals surface area contributed by atoms with E-state index in [-0.39, 0.29) is 27.7 Å². The zero-order chi connectivity index (χ0) is 20.3. The largest absolute Gasteiger partial charge is 0.450 e. The van der Waals surface area contributed by atoms with Gasteiger partial charge in [0, 0.05) is 5.02 Å². The Kier molecular flexibility index (Phi) is 4.36. The van der Waals surface area contributed by atoms with Crippen molar-refractivity contribution in [1.82, 2.24) is 10.2 Å². The first kappa shape index (κ1) is 18.6. The molecule has 4 aromatic rings. The molecule has 6 nitrogen and oxygen atoms in total. The van der Waals surface area contributed by atoms with Gasteiger partial charge in [-0.15, -0.1) is 10.2 Å². The van der Waals surface area contributed by atoms with Crippen molar-refractivity contribution < 1.29 is 9.21 Å². The van der Waals surface area contributed by atoms with Gasteiger partial charge in [0.2, 0.25) is 10.9 Å². The molecule has 1 atom stereocenters. The first-order chi connectivity index (χ1) is 14.0. The molecule has 1 aliphatic heterocycles. The summed E-state index contributed by atoms with van der Waals surface area (Å²) < 4.78 is 5.83. The van der Waals surface area contributed by atoms with E-state index in [2.05, 4.69) is 10.2 Å². The van der Waals surface area contributed by atoms with Crippen LogP contribution >= 0.6 is 46.1 Å². The molecule has 0 bridgehead atoms. The maximum absolute atomic E-state index is 13.4. The third-order valence-corrected chi connectivity index (χ3v) is 6.31. The maximum Gasteiger partial charge on any atom is 0.297 e. The van der Waals surface area contributed by atoms with Crippen LogP contribution in [0.4, 0.5) is 5.13 Å². The van der Waals surface area contributed by atoms with Crippen molar-refractivity contribution in [2.45, 2.75) is 6.04 Å². The number of benzene rings is 2. The van der Waals surface area contributed by atoms with Gasteiger partial charge in [0.1, 0.15) is 11.1 Å². The van der Waals surface area contributed by atoms with Crippen LogP contribution < -0.4 is 10.3 Å². The first-order valence-electron chi connectivity index (χ1n) is 8.26. The van der Waals surface area contributed by atoms with Gasteiger partial charge >= 0.3 is 0 Å². The number of amides is 1. The van der Waals surface area contributed by atoms with E-state index in [0.29, 0.717) is 25.8 Å². The minimum absolute atomic E-state index is 0.0453. The smallest absolute Gasteiger partial charge is 0.297 e. The highest BCUT2D eigenvalue weighted by Crippen LogP contribution is 2.42. The molecule has 3 heterocycles. The minimum Gasteiger partial charge on any atom is -0.450 e. The standard InChI is InChI=1S/C19H8Cl3N3O3S/c20-9-2-4-13-10(6-9)16(26)14-15(8-1-3-11(21)12(22)5-8)25(18(27)17(14)28-13)19-24-23-7-29-19/h1-7,15H/t15-/m1/s1. The zero-order valence-electron chi connectivity index (χ0n) is 14.2. The molecule has 0 unspecified atom stereocenters. The van der Waals surface area contributed by atoms with Crippen LogP contribution in [-0.2, 0) is 0 Å². The van der Waals surface area contributed by atoms with Gasteiger partial charge in [-0.2, -0.15) is 0 Å². The van der Waals surface area contributed by atoms with Crippen LogP contribution in [-0.4, -0.2) is 16.1 Å². The predicted molar refractivity (Wildman–Crippen MR) is 113 cm³/mol. The van der Waals surface area contributed by atoms with Crippen molar-refractivity contribution in [2.24, 2.45) is 0 Å². The minimum atomic E-state index is -0.792. The molecule has 2 aromatic carbocycles. The number of aromatic nitrogens is 2. The van der Waals surface area contributed by atoms with Crippen LogP contribution in [0.5, 0.6) is 0 Å². The summed E-state index contributed by atoms with van der Waals surface area (Å²) in [5.74, 6) is -0.530. The zero-order valence-corrected chi connectivity index (χ0v) is 17.3. The molecule has 0 aliphatic carbocycles. The maximum atomic E-state index is 13.4. The fourth-order valence-electron chi connectivity index (χ4n) is 3.41. The van der Waals surface area contributed by atoms with Gasteiger partial charge in [0.25, 0.3) is 5.91 Å². The Hall–Kier alpha value is -2.45. The summed E-state index contributed by atoms with van der Waals surface area (Å²) in [5, 5.41) is 9.49. The Bertz CT molecular complexity index is 1350. The van der Waals surface area contributed by atoms with E-state index in [9.17, 15) is 9.59 Å². The number of fused-ring (bicyclic) bond motifs is 2. The lowest BCUT2D eigenvalue weighted by Gasteiger charge is -2.22. The first-order valence-corrected chi connectivity index (χ1v) is 10.3. The number of carbonyl (C=O) groups excluding carboxylic acids is 1. The molecule has 0 saturated heterocycles. The molecule has 144 valence electrons. The summed E-state index contributed by atoms with van der Waals surface area (Å²) in [4.78, 5) is 28.0. The summed E-state index contributed by atoms with van der Waals surface area (Å²) in [5.41, 5.74) is 2.22. The average Bonchev–Trinajstić information content (AvgIpc) is 3.32. The van der Waals surface area contributed by atoms with Crippen LogP contribution in [0.25, 0.3) is 11.0 Å². The van der Waals surface area contributed by atoms with Crippen LogP contribution in [0, 0.1) is 0 Å². The molecule has 0 N–H and O–H groups in total. The summed E-state index contributed by atoms with van der Waals surface area (Å²) in [6.07, 6.45) is 0. The number of anilines is 1. The predicted octanol–water partition coefficient (Wildman–Crippen LogP) is 5.35. The van der Waals surface area contributed by atoms with Crippen molar-refractivity contribution in [3.8, 4) is 0 Å². The van der Waals surface area contributed by atoms with Crippen molar-refractivity contribution in [2.75, 3.05) is 4.90 Å². The van der Waals surface area contributed by atoms with Gasteiger partial charge in [-0.3, -0.25) is 14.5 Å². The number of halogens is 3. The summed E-state index contributed by atoms with van der Waals surface area (Å²) >= 11 is 19.5. The molecule has 10 heteroatoms. The van der Waals surface area contributed by atoms with Gasteiger partial charge in [0.05, 0.1) is 27.0 Å². The van der Waals surface area contributed by atoms with E-state index in [1.54, 1.807) is 30.3 Å². The summed E-state index contributed by atoms with van der Waals surface area (Å²) in [6, 6.07) is 8.82. The summed E-state index contributed by atoms with van der Waals surface area (Å²) in [6.45, 7) is 0. The van der Waals surface area contributed by atoms with E-state index in [0.717, 1.165) is 0 Å². The van der Waals surface area contributed by atoms with Gasteiger partial charge in [0.15, 0.2) is 5.43 Å². The Balaban J connectivity index is 1.84. The second-order valence-corrected chi connectivity index (χ2v) is 8.35. The Morgan fingerprint density at radius 2 is 1.86 bits per heavy atom. The lowest BCUT2D eigenvalue weighted by molar-refractivity contribution is 0.0970. The number of hydrogen-bond donors (Lipinski definition) is 0. The van der Waals surface area contributed by atoms with Crippen LogP contribution in [0.2, 0.25) is 15.1 Å². The molecular formula is C19H8Cl3N3O3S. The Morgan fingerprint density at radius 3 is 2.59 bits per heavy atom. The van der Waals surface area contributed by atoms with Gasteiger partial charge in [-0.05, 0) is 35.9 Å². The molecule has 29 heavy (non-hydrogen) atoms. The van der Waals surface area contributed by atoms with E-state index in [1.165, 1.54) is 27.8 Å². The lowest BCUT2D eigenvalue weighted by Crippen LogP contribution is -2.29. The SMILES string of the molecule is O=C1c2oc3ccc(Cl)cc3c(=O)c2[C@@H](c2ccc(Cl)c(Cl)c2)N1c1nncs1. The van der Waals surface area contributed by atoms with E-state index in [1.807, 2.05) is 0 Å². The number of carbonyl (C=O) groups is 1. The van der Waals surface area contributed by atoms with E-state index >= 15 is 0 Å². The van der Waals surface area contributed by atoms with Crippen molar-refractivity contribution in [3.05, 3.63) is 84.1 Å². The lowest BCUT2D eigenvalue weighted by atomic mass is 9.99. The highest BCUT2D eigenvalue weighted by Gasteiger charge is 2.45. The molecule has 0 spiro atoms. The molecule has 1 aliphatic rings. The average molecular weight is 465 g/mol. The number of hydrogen-bond acceptors (Lipinski definition) is 6. The summed E-state index contributed by atoms with van der Waals surface area (Å²) in [7, 11) is 0. The van der Waals surface area contributed by atoms with E-state index < -0.39 is 11.9 Å². The fourth-order valence-corrected chi connectivity index (χ4v) is 4.48. The van der Waals surface area contributed by atoms with Gasteiger partial charge in [-0.1, -0.05) is 52.2 Å². The quantitative estimate of drug-likeness (QED) is 0.399. The highest BCUT2D eigenvalue weighted by atomic mass is 35.5. The number of rotatable bonds is 2. The molecule has 5 rings (SSSR count). The van der Waals surface area contributed by atoms with Crippen molar-refractivity contribution in [1.29, 1.82) is 0 Å². The molecule has 0 fully saturated rings. The molecule has 2 aromatic heterocycles. The Morgan fingerprint density at radius 1 is 1.03 bits per heavy atom. The van der Waals surface area contributed by atoms with Crippen molar-refractivity contribution >= 4 is 68.1 Å². The second-order valence-electron chi connectivity index (χ2n) is 6.29. The third kappa shape index (κ3) is 2.85. The fraction of sp³-hybridized carbons (Fsp3) is 0.0526. The topological polar surface area (TPSA) is 76.3 Å². The van der Waals surface area contributed by atoms with Crippen LogP contribution in [0.1, 0.15) is 27.7 Å².